The molecule has 0 radical (unpaired) electrons. The van der Waals surface area contributed by atoms with Crippen molar-refractivity contribution in [3.63, 3.8) is 0 Å². The van der Waals surface area contributed by atoms with Crippen molar-refractivity contribution in [2.75, 3.05) is 13.1 Å². The van der Waals surface area contributed by atoms with E-state index in [-0.39, 0.29) is 50.7 Å². The largest absolute Gasteiger partial charge is 0.444 e. The summed E-state index contributed by atoms with van der Waals surface area (Å²) in [5, 5.41) is 9.71. The highest BCUT2D eigenvalue weighted by Crippen LogP contribution is 2.09. The first-order valence-electron chi connectivity index (χ1n) is 13.7. The highest BCUT2D eigenvalue weighted by atomic mass is 16.6. The molecule has 250 valence electrons. The van der Waals surface area contributed by atoms with Gasteiger partial charge in [0, 0.05) is 13.1 Å². The number of alkyl carbamates (subject to hydrolysis) is 1. The molecular weight excluding hydrogens is 582 g/mol. The smallest absolute Gasteiger partial charge is 0.408 e. The third-order valence-corrected chi connectivity index (χ3v) is 5.46. The molecule has 4 atom stereocenters. The number of nitrogens with two attached hydrogens (primary N) is 6. The first-order valence-corrected chi connectivity index (χ1v) is 13.7. The average Bonchev–Trinajstić information content (AvgIpc) is 2.89. The van der Waals surface area contributed by atoms with Crippen LogP contribution >= 0.6 is 0 Å². The van der Waals surface area contributed by atoms with Crippen LogP contribution in [0.4, 0.5) is 4.79 Å². The molecule has 0 aromatic heterocycles. The summed E-state index contributed by atoms with van der Waals surface area (Å²) in [5.74, 6) is 0.688. The number of amides is 6. The van der Waals surface area contributed by atoms with Crippen LogP contribution in [-0.2, 0) is 28.7 Å². The van der Waals surface area contributed by atoms with E-state index in [9.17, 15) is 28.8 Å². The molecule has 17 N–H and O–H groups in total. The predicted molar refractivity (Wildman–Crippen MR) is 161 cm³/mol. The zero-order chi connectivity index (χ0) is 34.0. The molecule has 0 unspecified atom stereocenters. The van der Waals surface area contributed by atoms with Gasteiger partial charge in [0.25, 0.3) is 5.91 Å². The second-order valence-corrected chi connectivity index (χ2v) is 10.6. The maximum atomic E-state index is 13.4. The van der Waals surface area contributed by atoms with Crippen molar-refractivity contribution in [2.24, 2.45) is 44.5 Å². The van der Waals surface area contributed by atoms with Gasteiger partial charge in [0.15, 0.2) is 11.9 Å². The van der Waals surface area contributed by atoms with Crippen molar-refractivity contribution in [1.29, 1.82) is 0 Å². The first kappa shape index (κ1) is 39.1. The molecule has 0 aliphatic carbocycles. The maximum Gasteiger partial charge on any atom is 0.408 e. The molecule has 0 bridgehead atoms. The third kappa shape index (κ3) is 17.8. The molecular formula is C24H47N13O7. The number of ether oxygens (including phenoxy) is 1. The molecule has 0 fully saturated rings. The Hall–Kier alpha value is -4.88. The maximum absolute atomic E-state index is 13.4. The van der Waals surface area contributed by atoms with Gasteiger partial charge in [0.2, 0.25) is 23.6 Å². The lowest BCUT2D eigenvalue weighted by Gasteiger charge is -2.26. The van der Waals surface area contributed by atoms with Gasteiger partial charge in [-0.3, -0.25) is 39.4 Å². The molecule has 0 spiro atoms. The lowest BCUT2D eigenvalue weighted by molar-refractivity contribution is -0.134. The van der Waals surface area contributed by atoms with E-state index in [4.69, 9.17) is 39.2 Å². The normalized spacial score (nSPS) is 13.5. The standard InChI is InChI=1S/C24H47N13O7/c1-12(17(39)37-30)33-18(40)13(7-5-9-31-21(26)27)34-19(41)14(8-6-10-32-22(28)29)35-20(42)15(11-16(25)38)36-23(43)44-24(2,3)4/h12-15H,5-11,30H2,1-4H3,(H2,25,38)(H,33,40)(H,34,41)(H,35,42)(H,36,43)(H,37,39)(H4,26,27,31)(H4,28,29,32)/t12-,13-,14-,15-/m0/s1. The Kier molecular flexibility index (Phi) is 17.2. The van der Waals surface area contributed by atoms with Gasteiger partial charge in [-0.2, -0.15) is 0 Å². The van der Waals surface area contributed by atoms with Crippen molar-refractivity contribution in [3.05, 3.63) is 0 Å². The highest BCUT2D eigenvalue weighted by Gasteiger charge is 2.31. The van der Waals surface area contributed by atoms with E-state index in [1.807, 2.05) is 5.43 Å². The Morgan fingerprint density at radius 3 is 1.50 bits per heavy atom. The predicted octanol–water partition coefficient (Wildman–Crippen LogP) is -4.67. The minimum atomic E-state index is -1.50. The SMILES string of the molecule is C[C@H](NC(=O)[C@H](CCCN=C(N)N)NC(=O)[C@H](CCCN=C(N)N)NC(=O)[C@H](CC(N)=O)NC(=O)OC(C)(C)C)C(=O)NN. The fourth-order valence-corrected chi connectivity index (χ4v) is 3.45. The Labute approximate surface area is 255 Å². The number of carbonyl (C=O) groups is 6. The van der Waals surface area contributed by atoms with Crippen LogP contribution < -0.4 is 61.2 Å². The molecule has 0 saturated heterocycles. The molecule has 6 amide bonds. The molecule has 20 nitrogen and oxygen atoms in total. The average molecular weight is 630 g/mol. The molecule has 44 heavy (non-hydrogen) atoms. The number of aliphatic imine (C=N–C) groups is 2. The van der Waals surface area contributed by atoms with Crippen molar-refractivity contribution in [3.8, 4) is 0 Å². The molecule has 0 aromatic carbocycles. The topological polar surface area (TPSA) is 353 Å². The van der Waals surface area contributed by atoms with Crippen LogP contribution in [0.25, 0.3) is 0 Å². The number of hydrogen-bond acceptors (Lipinski definition) is 10. The molecule has 0 saturated carbocycles. The van der Waals surface area contributed by atoms with Crippen LogP contribution in [0.2, 0.25) is 0 Å². The zero-order valence-corrected chi connectivity index (χ0v) is 25.5. The van der Waals surface area contributed by atoms with Gasteiger partial charge in [0.05, 0.1) is 6.42 Å². The van der Waals surface area contributed by atoms with E-state index in [0.29, 0.717) is 0 Å². The minimum absolute atomic E-state index is 0.0294. The Balaban J connectivity index is 6.04. The summed E-state index contributed by atoms with van der Waals surface area (Å²) in [7, 11) is 0. The number of hydrogen-bond donors (Lipinski definition) is 11. The van der Waals surface area contributed by atoms with Gasteiger partial charge in [-0.05, 0) is 53.4 Å². The molecule has 0 aromatic rings. The first-order chi connectivity index (χ1) is 20.4. The number of rotatable bonds is 18. The van der Waals surface area contributed by atoms with Crippen molar-refractivity contribution in [2.45, 2.75) is 89.6 Å². The quantitative estimate of drug-likeness (QED) is 0.0170. The summed E-state index contributed by atoms with van der Waals surface area (Å²) in [6.07, 6.45) is -1.16. The monoisotopic (exact) mass is 629 g/mol. The summed E-state index contributed by atoms with van der Waals surface area (Å²) in [6, 6.07) is -5.05. The second-order valence-electron chi connectivity index (χ2n) is 10.6. The fourth-order valence-electron chi connectivity index (χ4n) is 3.45. The van der Waals surface area contributed by atoms with Crippen LogP contribution in [0, 0.1) is 0 Å². The Morgan fingerprint density at radius 2 is 1.11 bits per heavy atom. The third-order valence-electron chi connectivity index (χ3n) is 5.46. The van der Waals surface area contributed by atoms with Crippen molar-refractivity contribution >= 4 is 47.5 Å². The molecule has 20 heteroatoms. The van der Waals surface area contributed by atoms with E-state index in [0.717, 1.165) is 0 Å². The molecule has 0 aliphatic rings. The number of carbonyl (C=O) groups excluding carboxylic acids is 6. The summed E-state index contributed by atoms with van der Waals surface area (Å²) in [4.78, 5) is 83.1. The van der Waals surface area contributed by atoms with Gasteiger partial charge in [-0.15, -0.1) is 0 Å². The highest BCUT2D eigenvalue weighted by molar-refractivity contribution is 5.96. The second kappa shape index (κ2) is 19.3. The van der Waals surface area contributed by atoms with E-state index >= 15 is 0 Å². The van der Waals surface area contributed by atoms with Crippen LogP contribution in [-0.4, -0.2) is 90.4 Å². The molecule has 0 rings (SSSR count). The van der Waals surface area contributed by atoms with Gasteiger partial charge in [-0.1, -0.05) is 0 Å². The lowest BCUT2D eigenvalue weighted by atomic mass is 10.1. The number of nitrogens with zero attached hydrogens (tertiary/aromatic N) is 2. The zero-order valence-electron chi connectivity index (χ0n) is 25.5. The molecule has 0 heterocycles. The van der Waals surface area contributed by atoms with Crippen LogP contribution in [0.3, 0.4) is 0 Å². The van der Waals surface area contributed by atoms with Crippen molar-refractivity contribution in [1.82, 2.24) is 26.7 Å². The molecule has 0 aliphatic heterocycles. The number of nitrogens with one attached hydrogen (secondary N) is 5. The summed E-state index contributed by atoms with van der Waals surface area (Å²) in [6.45, 7) is 6.39. The summed E-state index contributed by atoms with van der Waals surface area (Å²) in [5.41, 5.74) is 27.6. The van der Waals surface area contributed by atoms with Gasteiger partial charge < -0.3 is 54.7 Å². The minimum Gasteiger partial charge on any atom is -0.444 e. The lowest BCUT2D eigenvalue weighted by Crippen LogP contribution is -2.58. The Morgan fingerprint density at radius 1 is 0.682 bits per heavy atom. The van der Waals surface area contributed by atoms with Crippen LogP contribution in [0.5, 0.6) is 0 Å². The van der Waals surface area contributed by atoms with Gasteiger partial charge in [-0.25, -0.2) is 10.6 Å². The van der Waals surface area contributed by atoms with Crippen LogP contribution in [0.1, 0.15) is 59.8 Å². The summed E-state index contributed by atoms with van der Waals surface area (Å²) < 4.78 is 5.15. The fraction of sp³-hybridized carbons (Fsp3) is 0.667. The summed E-state index contributed by atoms with van der Waals surface area (Å²) >= 11 is 0. The Bertz CT molecular complexity index is 1070. The van der Waals surface area contributed by atoms with Crippen LogP contribution in [0.15, 0.2) is 9.98 Å². The number of primary amides is 1. The van der Waals surface area contributed by atoms with E-state index < -0.39 is 71.8 Å². The van der Waals surface area contributed by atoms with Crippen molar-refractivity contribution < 1.29 is 33.5 Å². The number of guanidine groups is 2. The van der Waals surface area contributed by atoms with E-state index in [1.165, 1.54) is 6.92 Å². The number of hydrazine groups is 1. The van der Waals surface area contributed by atoms with Gasteiger partial charge >= 0.3 is 6.09 Å². The van der Waals surface area contributed by atoms with Gasteiger partial charge in [0.1, 0.15) is 29.8 Å². The van der Waals surface area contributed by atoms with E-state index in [2.05, 4.69) is 31.3 Å². The van der Waals surface area contributed by atoms with E-state index in [1.54, 1.807) is 20.8 Å².